The molecule has 188 valence electrons. The lowest BCUT2D eigenvalue weighted by molar-refractivity contribution is -0.120. The molecule has 3 amide bonds. The van der Waals surface area contributed by atoms with E-state index in [9.17, 15) is 14.4 Å². The van der Waals surface area contributed by atoms with E-state index < -0.39 is 0 Å². The second-order valence-electron chi connectivity index (χ2n) is 8.93. The van der Waals surface area contributed by atoms with Crippen molar-refractivity contribution < 1.29 is 14.4 Å². The third-order valence-electron chi connectivity index (χ3n) is 6.20. The van der Waals surface area contributed by atoms with Gasteiger partial charge in [-0.15, -0.1) is 0 Å². The Bertz CT molecular complexity index is 1470. The third-order valence-corrected chi connectivity index (χ3v) is 6.20. The smallest absolute Gasteiger partial charge is 0.323 e. The molecule has 5 rings (SSSR count). The summed E-state index contributed by atoms with van der Waals surface area (Å²) >= 11 is 0. The van der Waals surface area contributed by atoms with Gasteiger partial charge >= 0.3 is 6.03 Å². The molecular weight excluding hydrogens is 470 g/mol. The lowest BCUT2D eigenvalue weighted by Crippen LogP contribution is -2.41. The van der Waals surface area contributed by atoms with Crippen LogP contribution in [0.15, 0.2) is 67.0 Å². The zero-order valence-electron chi connectivity index (χ0n) is 20.4. The van der Waals surface area contributed by atoms with Crippen LogP contribution >= 0.6 is 0 Å². The van der Waals surface area contributed by atoms with Crippen LogP contribution in [0, 0.1) is 0 Å². The molecule has 1 aliphatic rings. The first kappa shape index (κ1) is 24.0. The van der Waals surface area contributed by atoms with E-state index in [1.807, 2.05) is 55.7 Å². The van der Waals surface area contributed by atoms with Crippen LogP contribution in [0.3, 0.4) is 0 Å². The van der Waals surface area contributed by atoms with Crippen molar-refractivity contribution in [2.45, 2.75) is 19.4 Å². The number of hydrogen-bond acceptors (Lipinski definition) is 6. The number of urea groups is 1. The van der Waals surface area contributed by atoms with Crippen LogP contribution in [-0.4, -0.2) is 50.5 Å². The number of carbonyl (C=O) groups is 3. The molecule has 10 nitrogen and oxygen atoms in total. The summed E-state index contributed by atoms with van der Waals surface area (Å²) in [6.45, 7) is 1.26. The van der Waals surface area contributed by atoms with Gasteiger partial charge in [0.05, 0.1) is 11.1 Å². The van der Waals surface area contributed by atoms with Crippen molar-refractivity contribution in [3.8, 4) is 0 Å². The standard InChI is InChI=1S/C27H27N7O3/c1-33-17-19-6-7-20(15-24(19)32-33)30-26(36)22-4-2-3-5-23(22)29-16-18-8-11-28-25(14-18)31-27(37)34-12-9-21(35)10-13-34/h2-8,11,14-15,17,29H,9-10,12-13,16H2,1H3,(H,30,36)(H,28,31,37). The van der Waals surface area contributed by atoms with Crippen molar-refractivity contribution in [1.29, 1.82) is 0 Å². The Balaban J connectivity index is 1.23. The van der Waals surface area contributed by atoms with Gasteiger partial charge in [0, 0.05) is 68.7 Å². The fourth-order valence-corrected chi connectivity index (χ4v) is 4.25. The Hall–Kier alpha value is -4.73. The monoisotopic (exact) mass is 497 g/mol. The van der Waals surface area contributed by atoms with Gasteiger partial charge in [-0.3, -0.25) is 19.6 Å². The third kappa shape index (κ3) is 5.75. The molecule has 0 radical (unpaired) electrons. The molecule has 37 heavy (non-hydrogen) atoms. The molecule has 0 atom stereocenters. The zero-order valence-corrected chi connectivity index (χ0v) is 20.4. The molecule has 1 saturated heterocycles. The number of amides is 3. The van der Waals surface area contributed by atoms with Crippen molar-refractivity contribution in [2.75, 3.05) is 29.0 Å². The van der Waals surface area contributed by atoms with E-state index in [0.29, 0.717) is 55.2 Å². The normalized spacial score (nSPS) is 13.4. The van der Waals surface area contributed by atoms with Crippen molar-refractivity contribution in [2.24, 2.45) is 7.05 Å². The summed E-state index contributed by atoms with van der Waals surface area (Å²) in [5.41, 5.74) is 3.54. The van der Waals surface area contributed by atoms with Crippen LogP contribution in [0.25, 0.3) is 10.9 Å². The molecule has 0 bridgehead atoms. The van der Waals surface area contributed by atoms with Crippen LogP contribution in [0.2, 0.25) is 0 Å². The largest absolute Gasteiger partial charge is 0.380 e. The Morgan fingerprint density at radius 3 is 2.65 bits per heavy atom. The van der Waals surface area contributed by atoms with Crippen LogP contribution in [-0.2, 0) is 18.4 Å². The Labute approximate surface area is 213 Å². The van der Waals surface area contributed by atoms with E-state index in [1.165, 1.54) is 0 Å². The summed E-state index contributed by atoms with van der Waals surface area (Å²) in [6.07, 6.45) is 4.32. The number of anilines is 3. The van der Waals surface area contributed by atoms with E-state index >= 15 is 0 Å². The number of aromatic nitrogens is 3. The van der Waals surface area contributed by atoms with Crippen LogP contribution < -0.4 is 16.0 Å². The molecule has 0 saturated carbocycles. The number of piperidine rings is 1. The summed E-state index contributed by atoms with van der Waals surface area (Å²) in [7, 11) is 1.86. The van der Waals surface area contributed by atoms with Gasteiger partial charge in [0.25, 0.3) is 5.91 Å². The second-order valence-corrected chi connectivity index (χ2v) is 8.93. The first-order chi connectivity index (χ1) is 17.9. The number of para-hydroxylation sites is 1. The fraction of sp³-hybridized carbons (Fsp3) is 0.222. The average molecular weight is 498 g/mol. The fourth-order valence-electron chi connectivity index (χ4n) is 4.25. The van der Waals surface area contributed by atoms with Gasteiger partial charge in [-0.05, 0) is 48.0 Å². The summed E-state index contributed by atoms with van der Waals surface area (Å²) in [4.78, 5) is 42.9. The number of nitrogens with one attached hydrogen (secondary N) is 3. The van der Waals surface area contributed by atoms with Gasteiger partial charge in [-0.25, -0.2) is 9.78 Å². The summed E-state index contributed by atoms with van der Waals surface area (Å²) < 4.78 is 1.74. The van der Waals surface area contributed by atoms with E-state index in [0.717, 1.165) is 16.5 Å². The van der Waals surface area contributed by atoms with Crippen LogP contribution in [0.5, 0.6) is 0 Å². The molecule has 1 fully saturated rings. The number of fused-ring (bicyclic) bond motifs is 1. The van der Waals surface area contributed by atoms with E-state index in [4.69, 9.17) is 0 Å². The maximum atomic E-state index is 13.1. The minimum atomic E-state index is -0.268. The van der Waals surface area contributed by atoms with Gasteiger partial charge in [-0.1, -0.05) is 12.1 Å². The highest BCUT2D eigenvalue weighted by Gasteiger charge is 2.21. The number of ketones is 1. The summed E-state index contributed by atoms with van der Waals surface area (Å²) in [5.74, 6) is 0.372. The number of likely N-dealkylation sites (tertiary alicyclic amines) is 1. The lowest BCUT2D eigenvalue weighted by Gasteiger charge is -2.26. The molecule has 3 N–H and O–H groups in total. The molecule has 10 heteroatoms. The lowest BCUT2D eigenvalue weighted by atomic mass is 10.1. The van der Waals surface area contributed by atoms with Crippen molar-refractivity contribution in [3.63, 3.8) is 0 Å². The summed E-state index contributed by atoms with van der Waals surface area (Å²) in [6, 6.07) is 16.3. The number of nitrogens with zero attached hydrogens (tertiary/aromatic N) is 4. The highest BCUT2D eigenvalue weighted by Crippen LogP contribution is 2.21. The molecule has 1 aliphatic heterocycles. The molecule has 0 unspecified atom stereocenters. The first-order valence-electron chi connectivity index (χ1n) is 12.0. The van der Waals surface area contributed by atoms with E-state index in [2.05, 4.69) is 26.0 Å². The van der Waals surface area contributed by atoms with Gasteiger partial charge in [0.2, 0.25) is 0 Å². The highest BCUT2D eigenvalue weighted by atomic mass is 16.2. The molecule has 2 aromatic heterocycles. The number of hydrogen-bond donors (Lipinski definition) is 3. The van der Waals surface area contributed by atoms with E-state index in [1.54, 1.807) is 27.9 Å². The number of benzene rings is 2. The Morgan fingerprint density at radius 2 is 1.81 bits per heavy atom. The van der Waals surface area contributed by atoms with Crippen molar-refractivity contribution >= 4 is 45.8 Å². The van der Waals surface area contributed by atoms with Gasteiger partial charge < -0.3 is 15.5 Å². The zero-order chi connectivity index (χ0) is 25.8. The van der Waals surface area contributed by atoms with Crippen LogP contribution in [0.1, 0.15) is 28.8 Å². The number of aryl methyl sites for hydroxylation is 1. The van der Waals surface area contributed by atoms with Gasteiger partial charge in [0.1, 0.15) is 11.6 Å². The molecule has 0 aliphatic carbocycles. The SMILES string of the molecule is Cn1cc2ccc(NC(=O)c3ccccc3NCc3ccnc(NC(=O)N4CCC(=O)CC4)c3)cc2n1. The molecule has 4 aromatic rings. The number of carbonyl (C=O) groups excluding carboxylic acids is 3. The molecule has 2 aromatic carbocycles. The molecule has 0 spiro atoms. The van der Waals surface area contributed by atoms with Crippen LogP contribution in [0.4, 0.5) is 22.0 Å². The maximum Gasteiger partial charge on any atom is 0.323 e. The molecular formula is C27H27N7O3. The Morgan fingerprint density at radius 1 is 1.00 bits per heavy atom. The number of pyridine rings is 1. The topological polar surface area (TPSA) is 121 Å². The minimum absolute atomic E-state index is 0.179. The average Bonchev–Trinajstić information content (AvgIpc) is 3.27. The number of rotatable bonds is 6. The quantitative estimate of drug-likeness (QED) is 0.370. The Kier molecular flexibility index (Phi) is 6.80. The van der Waals surface area contributed by atoms with Gasteiger partial charge in [-0.2, -0.15) is 5.10 Å². The number of Topliss-reactive ketones (excluding diaryl/α,β-unsaturated/α-hetero) is 1. The minimum Gasteiger partial charge on any atom is -0.380 e. The highest BCUT2D eigenvalue weighted by molar-refractivity contribution is 6.08. The van der Waals surface area contributed by atoms with Crippen molar-refractivity contribution in [1.82, 2.24) is 19.7 Å². The van der Waals surface area contributed by atoms with Crippen molar-refractivity contribution in [3.05, 3.63) is 78.1 Å². The first-order valence-corrected chi connectivity index (χ1v) is 12.0. The van der Waals surface area contributed by atoms with E-state index in [-0.39, 0.29) is 17.7 Å². The summed E-state index contributed by atoms with van der Waals surface area (Å²) in [5, 5.41) is 14.5. The van der Waals surface area contributed by atoms with Gasteiger partial charge in [0.15, 0.2) is 0 Å². The predicted molar refractivity (Wildman–Crippen MR) is 142 cm³/mol. The molecule has 3 heterocycles. The predicted octanol–water partition coefficient (Wildman–Crippen LogP) is 4.03. The maximum absolute atomic E-state index is 13.1. The second kappa shape index (κ2) is 10.5.